The van der Waals surface area contributed by atoms with Gasteiger partial charge in [-0.25, -0.2) is 0 Å². The van der Waals surface area contributed by atoms with Crippen LogP contribution < -0.4 is 5.32 Å². The smallest absolute Gasteiger partial charge is 0.340 e. The summed E-state index contributed by atoms with van der Waals surface area (Å²) < 4.78 is 39.6. The summed E-state index contributed by atoms with van der Waals surface area (Å²) in [7, 11) is 1.31. The molecule has 2 aromatic heterocycles. The molecule has 0 bridgehead atoms. The van der Waals surface area contributed by atoms with Crippen molar-refractivity contribution in [2.75, 3.05) is 0 Å². The van der Waals surface area contributed by atoms with E-state index in [4.69, 9.17) is 0 Å². The summed E-state index contributed by atoms with van der Waals surface area (Å²) >= 11 is 0. The number of nitrogens with zero attached hydrogens (tertiary/aromatic N) is 3. The Kier molecular flexibility index (Phi) is 5.22. The van der Waals surface area contributed by atoms with E-state index in [2.05, 4.69) is 15.4 Å². The number of rotatable bonds is 4. The molecule has 1 aromatic carbocycles. The molecule has 8 heteroatoms. The molecule has 0 aliphatic heterocycles. The summed E-state index contributed by atoms with van der Waals surface area (Å²) in [5, 5.41) is 6.23. The van der Waals surface area contributed by atoms with Crippen molar-refractivity contribution < 1.29 is 18.0 Å². The molecular formula is C20H19F3N4O. The van der Waals surface area contributed by atoms with Gasteiger partial charge >= 0.3 is 6.18 Å². The van der Waals surface area contributed by atoms with E-state index in [0.717, 1.165) is 33.0 Å². The number of halogens is 3. The first-order valence-electron chi connectivity index (χ1n) is 8.56. The largest absolute Gasteiger partial charge is 0.435 e. The zero-order chi connectivity index (χ0) is 20.5. The van der Waals surface area contributed by atoms with Gasteiger partial charge in [-0.05, 0) is 48.2 Å². The average Bonchev–Trinajstić information content (AvgIpc) is 3.05. The quantitative estimate of drug-likeness (QED) is 0.736. The van der Waals surface area contributed by atoms with Gasteiger partial charge in [-0.15, -0.1) is 0 Å². The maximum atomic E-state index is 12.9. The number of amides is 1. The van der Waals surface area contributed by atoms with Crippen molar-refractivity contribution in [3.63, 3.8) is 0 Å². The number of nitrogens with one attached hydrogen (secondary N) is 1. The van der Waals surface area contributed by atoms with E-state index in [-0.39, 0.29) is 5.69 Å². The van der Waals surface area contributed by atoms with E-state index in [1.54, 1.807) is 24.5 Å². The number of hydrogen-bond acceptors (Lipinski definition) is 3. The van der Waals surface area contributed by atoms with Crippen LogP contribution in [-0.4, -0.2) is 20.7 Å². The molecule has 0 aliphatic rings. The Morgan fingerprint density at radius 2 is 1.71 bits per heavy atom. The summed E-state index contributed by atoms with van der Waals surface area (Å²) in [6, 6.07) is 9.49. The zero-order valence-electron chi connectivity index (χ0n) is 15.6. The fourth-order valence-electron chi connectivity index (χ4n) is 2.88. The summed E-state index contributed by atoms with van der Waals surface area (Å²) in [5.41, 5.74) is 2.46. The Morgan fingerprint density at radius 3 is 2.29 bits per heavy atom. The van der Waals surface area contributed by atoms with Crippen LogP contribution in [0.1, 0.15) is 44.5 Å². The number of carbonyl (C=O) groups excluding carboxylic acids is 1. The van der Waals surface area contributed by atoms with Crippen LogP contribution in [0.25, 0.3) is 0 Å². The molecule has 2 heterocycles. The first-order valence-corrected chi connectivity index (χ1v) is 8.56. The van der Waals surface area contributed by atoms with Crippen molar-refractivity contribution in [3.8, 4) is 0 Å². The normalized spacial score (nSPS) is 12.6. The van der Waals surface area contributed by atoms with Gasteiger partial charge in [0, 0.05) is 25.5 Å². The Morgan fingerprint density at radius 1 is 1.04 bits per heavy atom. The van der Waals surface area contributed by atoms with Gasteiger partial charge in [0.2, 0.25) is 0 Å². The van der Waals surface area contributed by atoms with E-state index in [1.807, 2.05) is 32.0 Å². The highest BCUT2D eigenvalue weighted by atomic mass is 19.4. The maximum absolute atomic E-state index is 12.9. The molecule has 3 rings (SSSR count). The van der Waals surface area contributed by atoms with Crippen LogP contribution in [0.15, 0.2) is 48.8 Å². The summed E-state index contributed by atoms with van der Waals surface area (Å²) in [4.78, 5) is 16.7. The van der Waals surface area contributed by atoms with Crippen molar-refractivity contribution in [2.24, 2.45) is 7.05 Å². The second-order valence-corrected chi connectivity index (χ2v) is 6.57. The number of carbonyl (C=O) groups is 1. The van der Waals surface area contributed by atoms with Crippen LogP contribution >= 0.6 is 0 Å². The lowest BCUT2D eigenvalue weighted by Gasteiger charge is -2.20. The average molecular weight is 388 g/mol. The van der Waals surface area contributed by atoms with Crippen molar-refractivity contribution in [1.29, 1.82) is 0 Å². The van der Waals surface area contributed by atoms with Crippen LogP contribution in [0.2, 0.25) is 0 Å². The summed E-state index contributed by atoms with van der Waals surface area (Å²) in [6.45, 7) is 3.94. The molecule has 0 fully saturated rings. The van der Waals surface area contributed by atoms with Crippen LogP contribution in [0, 0.1) is 13.8 Å². The summed E-state index contributed by atoms with van der Waals surface area (Å²) in [5.74, 6) is -0.648. The number of aromatic nitrogens is 3. The fourth-order valence-corrected chi connectivity index (χ4v) is 2.88. The van der Waals surface area contributed by atoms with Crippen LogP contribution in [0.3, 0.4) is 0 Å². The number of alkyl halides is 3. The van der Waals surface area contributed by atoms with Gasteiger partial charge in [0.1, 0.15) is 5.69 Å². The SMILES string of the molecule is Cc1ccc([C@H](NC(=O)c2cc(C(F)(F)F)nn2C)c2ccncc2)cc1C. The molecule has 1 N–H and O–H groups in total. The van der Waals surface area contributed by atoms with Crippen LogP contribution in [0.5, 0.6) is 0 Å². The van der Waals surface area contributed by atoms with Gasteiger partial charge in [0.25, 0.3) is 5.91 Å². The first kappa shape index (κ1) is 19.6. The lowest BCUT2D eigenvalue weighted by Crippen LogP contribution is -2.30. The monoisotopic (exact) mass is 388 g/mol. The number of benzene rings is 1. The predicted octanol–water partition coefficient (Wildman–Crippen LogP) is 3.97. The fraction of sp³-hybridized carbons (Fsp3) is 0.250. The van der Waals surface area contributed by atoms with E-state index >= 15 is 0 Å². The molecule has 1 atom stereocenters. The third kappa shape index (κ3) is 4.05. The number of aryl methyl sites for hydroxylation is 3. The molecule has 28 heavy (non-hydrogen) atoms. The van der Waals surface area contributed by atoms with Crippen LogP contribution in [0.4, 0.5) is 13.2 Å². The standard InChI is InChI=1S/C20H19F3N4O/c1-12-4-5-15(10-13(12)2)18(14-6-8-24-9-7-14)25-19(28)16-11-17(20(21,22)23)26-27(16)3/h4-11,18H,1-3H3,(H,25,28)/t18-/m1/s1. The predicted molar refractivity (Wildman–Crippen MR) is 97.7 cm³/mol. The molecule has 5 nitrogen and oxygen atoms in total. The molecular weight excluding hydrogens is 369 g/mol. The van der Waals surface area contributed by atoms with Gasteiger partial charge in [-0.2, -0.15) is 18.3 Å². The van der Waals surface area contributed by atoms with Crippen molar-refractivity contribution >= 4 is 5.91 Å². The Labute approximate surface area is 160 Å². The Balaban J connectivity index is 1.97. The molecule has 3 aromatic rings. The molecule has 0 saturated carbocycles. The molecule has 0 spiro atoms. The van der Waals surface area contributed by atoms with E-state index in [9.17, 15) is 18.0 Å². The van der Waals surface area contributed by atoms with Crippen molar-refractivity contribution in [1.82, 2.24) is 20.1 Å². The lowest BCUT2D eigenvalue weighted by atomic mass is 9.96. The van der Waals surface area contributed by atoms with Gasteiger partial charge in [0.05, 0.1) is 6.04 Å². The zero-order valence-corrected chi connectivity index (χ0v) is 15.6. The Hall–Kier alpha value is -3.16. The van der Waals surface area contributed by atoms with E-state index in [1.165, 1.54) is 7.05 Å². The minimum atomic E-state index is -4.62. The molecule has 0 unspecified atom stereocenters. The second kappa shape index (κ2) is 7.46. The molecule has 146 valence electrons. The van der Waals surface area contributed by atoms with Crippen molar-refractivity contribution in [2.45, 2.75) is 26.1 Å². The topological polar surface area (TPSA) is 59.8 Å². The minimum absolute atomic E-state index is 0.171. The number of pyridine rings is 1. The minimum Gasteiger partial charge on any atom is -0.340 e. The van der Waals surface area contributed by atoms with Crippen molar-refractivity contribution in [3.05, 3.63) is 82.4 Å². The van der Waals surface area contributed by atoms with E-state index in [0.29, 0.717) is 0 Å². The van der Waals surface area contributed by atoms with Gasteiger partial charge in [-0.3, -0.25) is 14.5 Å². The highest BCUT2D eigenvalue weighted by Gasteiger charge is 2.35. The highest BCUT2D eigenvalue weighted by molar-refractivity contribution is 5.93. The highest BCUT2D eigenvalue weighted by Crippen LogP contribution is 2.29. The third-order valence-corrected chi connectivity index (χ3v) is 4.58. The molecule has 0 saturated heterocycles. The van der Waals surface area contributed by atoms with Gasteiger partial charge in [-0.1, -0.05) is 18.2 Å². The maximum Gasteiger partial charge on any atom is 0.435 e. The summed E-state index contributed by atoms with van der Waals surface area (Å²) in [6.07, 6.45) is -1.42. The van der Waals surface area contributed by atoms with Gasteiger partial charge in [0.15, 0.2) is 5.69 Å². The third-order valence-electron chi connectivity index (χ3n) is 4.58. The lowest BCUT2D eigenvalue weighted by molar-refractivity contribution is -0.141. The second-order valence-electron chi connectivity index (χ2n) is 6.57. The van der Waals surface area contributed by atoms with E-state index < -0.39 is 23.8 Å². The van der Waals surface area contributed by atoms with Crippen LogP contribution in [-0.2, 0) is 13.2 Å². The first-order chi connectivity index (χ1) is 13.2. The molecule has 1 amide bonds. The Bertz CT molecular complexity index is 996. The molecule has 0 aliphatic carbocycles. The number of hydrogen-bond donors (Lipinski definition) is 1. The van der Waals surface area contributed by atoms with Gasteiger partial charge < -0.3 is 5.32 Å². The molecule has 0 radical (unpaired) electrons.